The summed E-state index contributed by atoms with van der Waals surface area (Å²) in [6, 6.07) is 2.85. The number of aromatic nitrogens is 2. The van der Waals surface area contributed by atoms with Crippen molar-refractivity contribution in [2.75, 3.05) is 25.0 Å². The molecule has 0 aliphatic heterocycles. The first kappa shape index (κ1) is 28.8. The van der Waals surface area contributed by atoms with Gasteiger partial charge in [0.15, 0.2) is 5.82 Å². The highest BCUT2D eigenvalue weighted by molar-refractivity contribution is 5.78. The van der Waals surface area contributed by atoms with Crippen LogP contribution in [0.2, 0.25) is 0 Å². The van der Waals surface area contributed by atoms with Crippen LogP contribution < -0.4 is 32.4 Å². The van der Waals surface area contributed by atoms with Gasteiger partial charge in [-0.3, -0.25) is 14.2 Å². The molecule has 0 fully saturated rings. The fraction of sp³-hybridized carbons (Fsp3) is 0.350. The molecule has 0 radical (unpaired) electrons. The maximum Gasteiger partial charge on any atom is 0.491 e. The minimum atomic E-state index is -5.37. The van der Waals surface area contributed by atoms with Crippen LogP contribution in [0.3, 0.4) is 0 Å². The van der Waals surface area contributed by atoms with Gasteiger partial charge in [-0.1, -0.05) is 6.07 Å². The second-order valence-electron chi connectivity index (χ2n) is 7.24. The van der Waals surface area contributed by atoms with Crippen LogP contribution >= 0.6 is 0 Å². The lowest BCUT2D eigenvalue weighted by Gasteiger charge is -2.16. The summed E-state index contributed by atoms with van der Waals surface area (Å²) in [7, 11) is 0. The van der Waals surface area contributed by atoms with E-state index in [9.17, 15) is 36.3 Å². The van der Waals surface area contributed by atoms with E-state index >= 15 is 0 Å². The minimum Gasteiger partial charge on any atom is -0.399 e. The molecule has 1 amide bonds. The number of oxime groups is 1. The molecule has 0 spiro atoms. The van der Waals surface area contributed by atoms with Crippen molar-refractivity contribution in [2.45, 2.75) is 26.1 Å². The van der Waals surface area contributed by atoms with E-state index in [1.165, 1.54) is 6.07 Å². The van der Waals surface area contributed by atoms with Crippen molar-refractivity contribution in [1.29, 1.82) is 0 Å². The van der Waals surface area contributed by atoms with Gasteiger partial charge >= 0.3 is 12.1 Å². The Labute approximate surface area is 205 Å². The zero-order valence-corrected chi connectivity index (χ0v) is 19.2. The summed E-state index contributed by atoms with van der Waals surface area (Å²) in [6.07, 6.45) is -5.44. The second-order valence-corrected chi connectivity index (χ2v) is 7.24. The summed E-state index contributed by atoms with van der Waals surface area (Å²) >= 11 is 0. The van der Waals surface area contributed by atoms with Crippen molar-refractivity contribution >= 4 is 23.7 Å². The Bertz CT molecular complexity index is 1230. The van der Waals surface area contributed by atoms with Gasteiger partial charge in [-0.15, -0.1) is 0 Å². The number of anilines is 1. The minimum absolute atomic E-state index is 0.0743. The van der Waals surface area contributed by atoms with E-state index in [1.807, 2.05) is 0 Å². The van der Waals surface area contributed by atoms with Crippen LogP contribution in [0.25, 0.3) is 0 Å². The molecule has 0 unspecified atom stereocenters. The molecule has 0 saturated heterocycles. The molecule has 37 heavy (non-hydrogen) atoms. The maximum absolute atomic E-state index is 13.8. The highest BCUT2D eigenvalue weighted by Gasteiger charge is 2.42. The number of hydrogen-bond donors (Lipinski definition) is 4. The van der Waals surface area contributed by atoms with E-state index in [0.29, 0.717) is 6.07 Å². The molecule has 12 nitrogen and oxygen atoms in total. The van der Waals surface area contributed by atoms with Gasteiger partial charge in [-0.25, -0.2) is 13.6 Å². The maximum atomic E-state index is 13.8. The second kappa shape index (κ2) is 12.5. The summed E-state index contributed by atoms with van der Waals surface area (Å²) in [5.74, 6) is -6.84. The Morgan fingerprint density at radius 3 is 2.51 bits per heavy atom. The third kappa shape index (κ3) is 8.62. The third-order valence-electron chi connectivity index (χ3n) is 4.49. The normalized spacial score (nSPS) is 11.0. The molecule has 0 saturated carbocycles. The molecule has 0 atom stereocenters. The Morgan fingerprint density at radius 1 is 1.19 bits per heavy atom. The van der Waals surface area contributed by atoms with Crippen molar-refractivity contribution < 1.29 is 41.1 Å². The molecule has 2 rings (SSSR count). The van der Waals surface area contributed by atoms with Crippen molar-refractivity contribution in [3.8, 4) is 5.88 Å². The molecular formula is C20H22F5N7O5. The predicted molar refractivity (Wildman–Crippen MR) is 118 cm³/mol. The van der Waals surface area contributed by atoms with E-state index < -0.39 is 53.5 Å². The van der Waals surface area contributed by atoms with Gasteiger partial charge in [0.05, 0.1) is 12.2 Å². The Morgan fingerprint density at radius 2 is 1.89 bits per heavy atom. The van der Waals surface area contributed by atoms with Crippen molar-refractivity contribution in [3.63, 3.8) is 0 Å². The zero-order valence-electron chi connectivity index (χ0n) is 19.2. The Kier molecular flexibility index (Phi) is 9.73. The lowest BCUT2D eigenvalue weighted by molar-refractivity contribution is -0.190. The summed E-state index contributed by atoms with van der Waals surface area (Å²) in [5.41, 5.74) is 8.90. The van der Waals surface area contributed by atoms with Gasteiger partial charge < -0.3 is 31.7 Å². The van der Waals surface area contributed by atoms with Gasteiger partial charge in [0.25, 0.3) is 5.56 Å². The van der Waals surface area contributed by atoms with Crippen LogP contribution in [0.15, 0.2) is 28.1 Å². The number of carbonyl (C=O) groups is 2. The summed E-state index contributed by atoms with van der Waals surface area (Å²) in [4.78, 5) is 44.8. The van der Waals surface area contributed by atoms with E-state index in [4.69, 9.17) is 11.5 Å². The van der Waals surface area contributed by atoms with Crippen LogP contribution in [0.1, 0.15) is 11.3 Å². The van der Waals surface area contributed by atoms with Gasteiger partial charge in [-0.05, 0) is 30.1 Å². The summed E-state index contributed by atoms with van der Waals surface area (Å²) in [6.45, 7) is -0.00381. The van der Waals surface area contributed by atoms with Crippen LogP contribution in [0.4, 0.5) is 27.8 Å². The summed E-state index contributed by atoms with van der Waals surface area (Å²) in [5, 5.41) is 8.09. The van der Waals surface area contributed by atoms with Gasteiger partial charge in [0, 0.05) is 12.6 Å². The number of amides is 1. The fourth-order valence-electron chi connectivity index (χ4n) is 2.77. The molecule has 2 aromatic rings. The van der Waals surface area contributed by atoms with Gasteiger partial charge in [-0.2, -0.15) is 18.2 Å². The number of nitrogens with one attached hydrogen (secondary N) is 2. The van der Waals surface area contributed by atoms with Crippen LogP contribution in [0, 0.1) is 18.6 Å². The number of alkyl halides is 3. The van der Waals surface area contributed by atoms with Gasteiger partial charge in [0.2, 0.25) is 17.7 Å². The molecule has 1 heterocycles. The van der Waals surface area contributed by atoms with E-state index in [1.54, 1.807) is 0 Å². The molecule has 0 aliphatic rings. The van der Waals surface area contributed by atoms with Crippen LogP contribution in [-0.2, 0) is 27.4 Å². The molecule has 1 aromatic heterocycles. The molecule has 17 heteroatoms. The average Bonchev–Trinajstić information content (AvgIpc) is 2.79. The molecule has 202 valence electrons. The third-order valence-corrected chi connectivity index (χ3v) is 4.49. The van der Waals surface area contributed by atoms with E-state index in [0.717, 1.165) is 17.6 Å². The van der Waals surface area contributed by atoms with Crippen LogP contribution in [0.5, 0.6) is 5.88 Å². The SMILES string of the molecule is Cc1c(OC(=O)C(F)(F)F)nc(NCCc2ccc(F)cc2F)c(=O)n1CC(=O)NCCON=C(N)N. The van der Waals surface area contributed by atoms with Gasteiger partial charge in [0.1, 0.15) is 24.8 Å². The Hall–Kier alpha value is -4.44. The number of hydrogen-bond acceptors (Lipinski definition) is 8. The largest absolute Gasteiger partial charge is 0.491 e. The number of guanidine groups is 1. The predicted octanol–water partition coefficient (Wildman–Crippen LogP) is 0.273. The molecule has 1 aromatic carbocycles. The first-order valence-corrected chi connectivity index (χ1v) is 10.4. The molecule has 0 aliphatic carbocycles. The monoisotopic (exact) mass is 535 g/mol. The topological polar surface area (TPSA) is 176 Å². The number of benzene rings is 1. The Balaban J connectivity index is 2.25. The number of nitrogens with two attached hydrogens (primary N) is 2. The molecule has 6 N–H and O–H groups in total. The van der Waals surface area contributed by atoms with E-state index in [-0.39, 0.29) is 43.3 Å². The number of nitrogens with zero attached hydrogens (tertiary/aromatic N) is 3. The number of carbonyl (C=O) groups excluding carboxylic acids is 2. The van der Waals surface area contributed by atoms with Crippen molar-refractivity contribution in [3.05, 3.63) is 51.4 Å². The van der Waals surface area contributed by atoms with Crippen molar-refractivity contribution in [2.24, 2.45) is 16.6 Å². The quantitative estimate of drug-likeness (QED) is 0.0786. The lowest BCUT2D eigenvalue weighted by Crippen LogP contribution is -2.37. The van der Waals surface area contributed by atoms with Crippen LogP contribution in [-0.4, -0.2) is 53.3 Å². The van der Waals surface area contributed by atoms with E-state index in [2.05, 4.69) is 30.3 Å². The number of esters is 1. The smallest absolute Gasteiger partial charge is 0.399 e. The molecule has 0 bridgehead atoms. The molecular weight excluding hydrogens is 513 g/mol. The lowest BCUT2D eigenvalue weighted by atomic mass is 10.1. The van der Waals surface area contributed by atoms with Crippen molar-refractivity contribution in [1.82, 2.24) is 14.9 Å². The number of ether oxygens (including phenoxy) is 1. The highest BCUT2D eigenvalue weighted by atomic mass is 19.4. The summed E-state index contributed by atoms with van der Waals surface area (Å²) < 4.78 is 70.1. The standard InChI is InChI=1S/C20H22F5N7O5/c1-10-16(37-18(35)20(23,24)25)30-15(29-5-4-11-2-3-12(21)8-13(11)22)17(34)32(10)9-14(33)28-6-7-36-31-19(26)27/h2-3,8H,4-7,9H2,1H3,(H,28,33)(H,29,30)(H4,26,27,31). The highest BCUT2D eigenvalue weighted by Crippen LogP contribution is 2.22. The fourth-order valence-corrected chi connectivity index (χ4v) is 2.77. The first-order chi connectivity index (χ1) is 17.3. The average molecular weight is 535 g/mol. The first-order valence-electron chi connectivity index (χ1n) is 10.4. The number of rotatable bonds is 11. The number of halogens is 5. The zero-order chi connectivity index (χ0) is 27.8.